The van der Waals surface area contributed by atoms with E-state index in [4.69, 9.17) is 22.3 Å². The average molecular weight is 674 g/mol. The summed E-state index contributed by atoms with van der Waals surface area (Å²) in [6.07, 6.45) is 21.1. The summed E-state index contributed by atoms with van der Waals surface area (Å²) < 4.78 is 0. The molecule has 2 aromatic rings. The Morgan fingerprint density at radius 2 is 1.69 bits per heavy atom. The third-order valence-corrected chi connectivity index (χ3v) is 10.9. The summed E-state index contributed by atoms with van der Waals surface area (Å²) >= 11 is 0. The highest BCUT2D eigenvalue weighted by atomic mass is 16.3. The number of allylic oxidation sites excluding steroid dienone is 2. The number of hydrogen-bond acceptors (Lipinski definition) is 10. The van der Waals surface area contributed by atoms with Gasteiger partial charge in [0, 0.05) is 55.8 Å². The molecule has 49 heavy (non-hydrogen) atoms. The molecule has 2 atom stereocenters. The van der Waals surface area contributed by atoms with E-state index in [2.05, 4.69) is 45.8 Å². The van der Waals surface area contributed by atoms with Crippen molar-refractivity contribution >= 4 is 12.0 Å². The number of aliphatic hydroxyl groups excluding tert-OH is 1. The zero-order valence-electron chi connectivity index (χ0n) is 30.0. The van der Waals surface area contributed by atoms with Crippen molar-refractivity contribution in [2.45, 2.75) is 84.1 Å². The lowest BCUT2D eigenvalue weighted by Gasteiger charge is -2.59. The summed E-state index contributed by atoms with van der Waals surface area (Å²) in [5.74, 6) is 3.37. The third-order valence-electron chi connectivity index (χ3n) is 10.9. The average Bonchev–Trinajstić information content (AvgIpc) is 3.06. The smallest absolute Gasteiger partial charge is 0.125 e. The number of piperidine rings is 1. The minimum Gasteiger partial charge on any atom is -0.507 e. The number of nitrogens with zero attached hydrogens (tertiary/aromatic N) is 4. The van der Waals surface area contributed by atoms with E-state index in [1.807, 2.05) is 25.4 Å². The van der Waals surface area contributed by atoms with Crippen LogP contribution in [0, 0.1) is 30.1 Å². The molecule has 3 fully saturated rings. The van der Waals surface area contributed by atoms with Gasteiger partial charge in [0.1, 0.15) is 23.7 Å². The Balaban J connectivity index is 0.000000211. The fourth-order valence-electron chi connectivity index (χ4n) is 8.19. The highest BCUT2D eigenvalue weighted by Gasteiger charge is 2.54. The van der Waals surface area contributed by atoms with Gasteiger partial charge in [-0.3, -0.25) is 0 Å². The molecule has 6 rings (SSSR count). The molecule has 2 aliphatic heterocycles. The molecule has 2 saturated carbocycles. The van der Waals surface area contributed by atoms with Gasteiger partial charge in [-0.1, -0.05) is 38.1 Å². The Hall–Kier alpha value is -3.89. The maximum atomic E-state index is 10.8. The Kier molecular flexibility index (Phi) is 13.7. The van der Waals surface area contributed by atoms with Crippen LogP contribution in [0.25, 0.3) is 5.70 Å². The zero-order valence-corrected chi connectivity index (χ0v) is 30.0. The first-order valence-corrected chi connectivity index (χ1v) is 17.9. The quantitative estimate of drug-likeness (QED) is 0.153. The van der Waals surface area contributed by atoms with Crippen molar-refractivity contribution in [3.05, 3.63) is 83.4 Å². The number of aryl methyl sites for hydroxylation is 1. The van der Waals surface area contributed by atoms with Gasteiger partial charge in [0.2, 0.25) is 0 Å². The van der Waals surface area contributed by atoms with E-state index in [0.29, 0.717) is 46.0 Å². The first-order chi connectivity index (χ1) is 23.6. The van der Waals surface area contributed by atoms with Crippen molar-refractivity contribution in [1.82, 2.24) is 19.8 Å². The van der Waals surface area contributed by atoms with E-state index in [1.54, 1.807) is 24.3 Å². The zero-order chi connectivity index (χ0) is 35.6. The van der Waals surface area contributed by atoms with Crippen LogP contribution in [0.1, 0.15) is 88.1 Å². The van der Waals surface area contributed by atoms with Crippen LogP contribution in [0.15, 0.2) is 66.4 Å². The number of phenolic OH excluding ortho intramolecular Hbond substituents is 1. The van der Waals surface area contributed by atoms with Crippen molar-refractivity contribution in [2.75, 3.05) is 33.3 Å². The predicted octanol–water partition coefficient (Wildman–Crippen LogP) is 5.03. The van der Waals surface area contributed by atoms with E-state index in [0.717, 1.165) is 64.0 Å². The summed E-state index contributed by atoms with van der Waals surface area (Å²) in [6, 6.07) is 7.75. The lowest BCUT2D eigenvalue weighted by atomic mass is 9.50. The summed E-state index contributed by atoms with van der Waals surface area (Å²) in [5.41, 5.74) is 21.7. The molecule has 10 heteroatoms. The second kappa shape index (κ2) is 17.7. The number of carbonyl (C=O) groups excluding carboxylic acids is 1. The first-order valence-electron chi connectivity index (χ1n) is 17.9. The number of carbonyl (C=O) groups is 1. The molecular weight excluding hydrogens is 614 g/mol. The Labute approximate surface area is 293 Å². The Morgan fingerprint density at radius 3 is 2.29 bits per heavy atom. The van der Waals surface area contributed by atoms with Gasteiger partial charge in [-0.15, -0.1) is 0 Å². The molecule has 1 aromatic carbocycles. The number of aromatic hydroxyl groups is 1. The first kappa shape index (κ1) is 37.9. The van der Waals surface area contributed by atoms with Gasteiger partial charge in [0.15, 0.2) is 0 Å². The minimum absolute atomic E-state index is 0.137. The molecule has 2 aliphatic carbocycles. The molecule has 10 nitrogen and oxygen atoms in total. The standard InChI is InChI=1S/C20H30N4O.C18H25N3O.CH4O/c1-3-15-7-6-10-24(13-14(2)11-15)18(20(22)23)12-17(21)16-8-4-5-9-19(16)25;1-13-19-10-16(11-20-13)15-2-4-21(5-3-15)17-8-18(9-17)6-14(7-18)12-22;1-2/h4-9,12,14-15,25H,3,10-11,13,21-23H2,1-2H3;10-12,14-15,17H,2-9H2,1H3;2H,1H3/b7-6-,17-12-;;. The van der Waals surface area contributed by atoms with Crippen LogP contribution in [-0.4, -0.2) is 75.6 Å². The van der Waals surface area contributed by atoms with E-state index in [1.165, 1.54) is 44.3 Å². The van der Waals surface area contributed by atoms with Crippen LogP contribution in [0.2, 0.25) is 0 Å². The van der Waals surface area contributed by atoms with Crippen molar-refractivity contribution in [3.8, 4) is 5.75 Å². The third kappa shape index (κ3) is 9.85. The number of para-hydroxylation sites is 1. The van der Waals surface area contributed by atoms with E-state index in [9.17, 15) is 9.90 Å². The van der Waals surface area contributed by atoms with E-state index in [-0.39, 0.29) is 11.6 Å². The summed E-state index contributed by atoms with van der Waals surface area (Å²) in [7, 11) is 1.00. The number of aliphatic hydroxyl groups is 1. The largest absolute Gasteiger partial charge is 0.507 e. The molecule has 1 aromatic heterocycles. The summed E-state index contributed by atoms with van der Waals surface area (Å²) in [5, 5.41) is 17.0. The van der Waals surface area contributed by atoms with Gasteiger partial charge in [-0.25, -0.2) is 9.97 Å². The number of phenols is 1. The van der Waals surface area contributed by atoms with Crippen molar-refractivity contribution in [2.24, 2.45) is 40.4 Å². The van der Waals surface area contributed by atoms with Gasteiger partial charge in [0.05, 0.1) is 5.70 Å². The molecule has 268 valence electrons. The topological polar surface area (TPSA) is 168 Å². The summed E-state index contributed by atoms with van der Waals surface area (Å²) in [4.78, 5) is 24.3. The Bertz CT molecular complexity index is 1430. The molecule has 3 heterocycles. The van der Waals surface area contributed by atoms with Crippen molar-refractivity contribution in [1.29, 1.82) is 0 Å². The fraction of sp³-hybridized carbons (Fsp3) is 0.564. The van der Waals surface area contributed by atoms with Gasteiger partial charge >= 0.3 is 0 Å². The van der Waals surface area contributed by atoms with E-state index >= 15 is 0 Å². The number of aldehydes is 1. The van der Waals surface area contributed by atoms with Crippen LogP contribution in [0.3, 0.4) is 0 Å². The van der Waals surface area contributed by atoms with Gasteiger partial charge in [-0.2, -0.15) is 0 Å². The number of likely N-dealkylation sites (tertiary alicyclic amines) is 1. The minimum atomic E-state index is 0.137. The second-order valence-electron chi connectivity index (χ2n) is 14.5. The lowest BCUT2D eigenvalue weighted by molar-refractivity contribution is -0.130. The fourth-order valence-corrected chi connectivity index (χ4v) is 8.19. The van der Waals surface area contributed by atoms with Gasteiger partial charge in [-0.05, 0) is 118 Å². The molecule has 8 N–H and O–H groups in total. The number of aromatic nitrogens is 2. The second-order valence-corrected chi connectivity index (χ2v) is 14.5. The molecule has 1 saturated heterocycles. The summed E-state index contributed by atoms with van der Waals surface area (Å²) in [6.45, 7) is 10.4. The van der Waals surface area contributed by atoms with Crippen LogP contribution in [0.4, 0.5) is 0 Å². The monoisotopic (exact) mass is 673 g/mol. The maximum Gasteiger partial charge on any atom is 0.125 e. The van der Waals surface area contributed by atoms with Crippen LogP contribution in [-0.2, 0) is 4.79 Å². The highest BCUT2D eigenvalue weighted by Crippen LogP contribution is 2.59. The molecule has 4 aliphatic rings. The lowest BCUT2D eigenvalue weighted by Crippen LogP contribution is -2.57. The Morgan fingerprint density at radius 1 is 1.04 bits per heavy atom. The number of nitrogens with two attached hydrogens (primary N) is 3. The molecule has 2 unspecified atom stereocenters. The van der Waals surface area contributed by atoms with E-state index < -0.39 is 0 Å². The normalized spacial score (nSPS) is 27.9. The van der Waals surface area contributed by atoms with Crippen molar-refractivity contribution < 1.29 is 15.0 Å². The van der Waals surface area contributed by atoms with Crippen LogP contribution in [0.5, 0.6) is 5.75 Å². The molecule has 0 radical (unpaired) electrons. The molecule has 0 bridgehead atoms. The van der Waals surface area contributed by atoms with Gasteiger partial charge < -0.3 is 42.0 Å². The maximum absolute atomic E-state index is 10.8. The van der Waals surface area contributed by atoms with Gasteiger partial charge in [0.25, 0.3) is 0 Å². The SMILES string of the molecule is CCC1/C=C\CN(C(/C=C(\N)c2ccccc2O)=C(N)N)CC(C)C1.CO.Cc1ncc(C2CCN(C3CC4(CC(C=O)C4)C3)CC2)cn1. The number of rotatable bonds is 7. The van der Waals surface area contributed by atoms with Crippen molar-refractivity contribution in [3.63, 3.8) is 0 Å². The molecule has 1 spiro atoms. The molecular formula is C39H59N7O3. The predicted molar refractivity (Wildman–Crippen MR) is 197 cm³/mol. The molecule has 0 amide bonds. The number of benzene rings is 1. The van der Waals surface area contributed by atoms with Crippen LogP contribution < -0.4 is 17.2 Å². The highest BCUT2D eigenvalue weighted by molar-refractivity contribution is 5.70. The van der Waals surface area contributed by atoms with Crippen LogP contribution >= 0.6 is 0 Å². The number of hydrogen-bond donors (Lipinski definition) is 5.